The van der Waals surface area contributed by atoms with Gasteiger partial charge in [-0.3, -0.25) is 0 Å². The Hall–Kier alpha value is -0.390. The molecule has 2 fully saturated rings. The molecular weight excluding hydrogens is 361 g/mol. The van der Waals surface area contributed by atoms with Crippen LogP contribution in [0, 0.1) is 9.49 Å². The van der Waals surface area contributed by atoms with Crippen LogP contribution in [0.4, 0.5) is 5.82 Å². The van der Waals surface area contributed by atoms with Crippen LogP contribution in [0.5, 0.6) is 0 Å². The lowest BCUT2D eigenvalue weighted by molar-refractivity contribution is 0.579. The third-order valence-corrected chi connectivity index (χ3v) is 6.00. The zero-order valence-electron chi connectivity index (χ0n) is 12.5. The monoisotopic (exact) mass is 385 g/mol. The molecule has 2 saturated carbocycles. The fourth-order valence-corrected chi connectivity index (χ4v) is 4.69. The normalized spacial score (nSPS) is 27.1. The number of hydrogen-bond acceptors (Lipinski definition) is 3. The first kappa shape index (κ1) is 14.5. The summed E-state index contributed by atoms with van der Waals surface area (Å²) in [5.41, 5.74) is 1.32. The molecule has 0 aliphatic heterocycles. The first-order chi connectivity index (χ1) is 9.69. The first-order valence-corrected chi connectivity index (χ1v) is 9.02. The number of rotatable bonds is 3. The summed E-state index contributed by atoms with van der Waals surface area (Å²) < 4.78 is 1.24. The highest BCUT2D eigenvalue weighted by Crippen LogP contribution is 2.40. The average Bonchev–Trinajstić information content (AvgIpc) is 3.10. The quantitative estimate of drug-likeness (QED) is 0.768. The van der Waals surface area contributed by atoms with Crippen molar-refractivity contribution in [2.75, 3.05) is 12.4 Å². The summed E-state index contributed by atoms with van der Waals surface area (Å²) in [6.45, 7) is 2.35. The molecule has 1 heterocycles. The van der Waals surface area contributed by atoms with Gasteiger partial charge in [-0.15, -0.1) is 0 Å². The Kier molecular flexibility index (Phi) is 4.48. The Morgan fingerprint density at radius 3 is 2.40 bits per heavy atom. The number of halogens is 1. The molecule has 0 amide bonds. The Bertz CT molecular complexity index is 483. The van der Waals surface area contributed by atoms with Crippen LogP contribution >= 0.6 is 22.6 Å². The van der Waals surface area contributed by atoms with E-state index in [4.69, 9.17) is 9.97 Å². The largest absolute Gasteiger partial charge is 0.372 e. The van der Waals surface area contributed by atoms with Crippen molar-refractivity contribution in [2.45, 2.75) is 63.7 Å². The number of nitrogens with one attached hydrogen (secondary N) is 1. The standard InChI is InChI=1S/C16H24IN3/c1-10-7-8-12(9-10)15-19-14(11-5-3-4-6-11)13(17)16(18-2)20-15/h10-12H,3-9H2,1-2H3,(H,18,19,20). The number of anilines is 1. The van der Waals surface area contributed by atoms with Crippen molar-refractivity contribution in [3.8, 4) is 0 Å². The SMILES string of the molecule is CNc1nc(C2CCC(C)C2)nc(C2CCCC2)c1I. The van der Waals surface area contributed by atoms with E-state index in [2.05, 4.69) is 34.8 Å². The number of hydrogen-bond donors (Lipinski definition) is 1. The fraction of sp³-hybridized carbons (Fsp3) is 0.750. The first-order valence-electron chi connectivity index (χ1n) is 7.94. The number of nitrogens with zero attached hydrogens (tertiary/aromatic N) is 2. The maximum absolute atomic E-state index is 5.02. The summed E-state index contributed by atoms with van der Waals surface area (Å²) in [5.74, 6) is 4.21. The summed E-state index contributed by atoms with van der Waals surface area (Å²) in [4.78, 5) is 9.83. The Morgan fingerprint density at radius 1 is 1.05 bits per heavy atom. The summed E-state index contributed by atoms with van der Waals surface area (Å²) in [6, 6.07) is 0. The molecule has 2 aliphatic carbocycles. The van der Waals surface area contributed by atoms with Gasteiger partial charge < -0.3 is 5.32 Å². The predicted octanol–water partition coefficient (Wildman–Crippen LogP) is 4.68. The minimum Gasteiger partial charge on any atom is -0.372 e. The summed E-state index contributed by atoms with van der Waals surface area (Å²) in [7, 11) is 1.98. The van der Waals surface area contributed by atoms with Crippen LogP contribution in [0.25, 0.3) is 0 Å². The number of aromatic nitrogens is 2. The summed E-state index contributed by atoms with van der Waals surface area (Å²) in [5, 5.41) is 3.28. The highest BCUT2D eigenvalue weighted by Gasteiger charge is 2.29. The van der Waals surface area contributed by atoms with Crippen molar-refractivity contribution in [3.05, 3.63) is 15.1 Å². The van der Waals surface area contributed by atoms with Gasteiger partial charge in [0.1, 0.15) is 11.6 Å². The minimum atomic E-state index is 0.578. The van der Waals surface area contributed by atoms with Gasteiger partial charge >= 0.3 is 0 Å². The molecule has 0 spiro atoms. The van der Waals surface area contributed by atoms with Crippen LogP contribution in [0.3, 0.4) is 0 Å². The molecular formula is C16H24IN3. The summed E-state index contributed by atoms with van der Waals surface area (Å²) in [6.07, 6.45) is 9.16. The van der Waals surface area contributed by atoms with Crippen molar-refractivity contribution in [1.29, 1.82) is 0 Å². The molecule has 0 bridgehead atoms. The van der Waals surface area contributed by atoms with Crippen LogP contribution in [0.2, 0.25) is 0 Å². The molecule has 2 unspecified atom stereocenters. The lowest BCUT2D eigenvalue weighted by Gasteiger charge is -2.18. The van der Waals surface area contributed by atoms with E-state index in [1.54, 1.807) is 0 Å². The second-order valence-corrected chi connectivity index (χ2v) is 7.55. The van der Waals surface area contributed by atoms with Gasteiger partial charge in [0.2, 0.25) is 0 Å². The van der Waals surface area contributed by atoms with E-state index < -0.39 is 0 Å². The van der Waals surface area contributed by atoms with Gasteiger partial charge in [-0.2, -0.15) is 0 Å². The van der Waals surface area contributed by atoms with Crippen molar-refractivity contribution in [1.82, 2.24) is 9.97 Å². The lowest BCUT2D eigenvalue weighted by atomic mass is 10.0. The van der Waals surface area contributed by atoms with Gasteiger partial charge in [0.25, 0.3) is 0 Å². The molecule has 0 saturated heterocycles. The van der Waals surface area contributed by atoms with Gasteiger partial charge in [0.15, 0.2) is 0 Å². The second-order valence-electron chi connectivity index (χ2n) is 6.48. The zero-order chi connectivity index (χ0) is 14.1. The maximum Gasteiger partial charge on any atom is 0.143 e. The zero-order valence-corrected chi connectivity index (χ0v) is 14.6. The molecule has 2 atom stereocenters. The molecule has 20 heavy (non-hydrogen) atoms. The Balaban J connectivity index is 1.96. The molecule has 1 N–H and O–H groups in total. The predicted molar refractivity (Wildman–Crippen MR) is 91.3 cm³/mol. The molecule has 4 heteroatoms. The molecule has 1 aromatic rings. The van der Waals surface area contributed by atoms with Crippen molar-refractivity contribution >= 4 is 28.4 Å². The Morgan fingerprint density at radius 2 is 1.80 bits per heavy atom. The van der Waals surface area contributed by atoms with Gasteiger partial charge in [-0.25, -0.2) is 9.97 Å². The topological polar surface area (TPSA) is 37.8 Å². The minimum absolute atomic E-state index is 0.578. The molecule has 2 aliphatic rings. The lowest BCUT2D eigenvalue weighted by Crippen LogP contribution is -2.12. The second kappa shape index (κ2) is 6.16. The van der Waals surface area contributed by atoms with Gasteiger partial charge in [-0.05, 0) is 60.6 Å². The van der Waals surface area contributed by atoms with Gasteiger partial charge in [0, 0.05) is 18.9 Å². The van der Waals surface area contributed by atoms with Crippen LogP contribution in [-0.2, 0) is 0 Å². The summed E-state index contributed by atoms with van der Waals surface area (Å²) >= 11 is 2.43. The van der Waals surface area contributed by atoms with E-state index in [-0.39, 0.29) is 0 Å². The Labute approximate surface area is 135 Å². The smallest absolute Gasteiger partial charge is 0.143 e. The van der Waals surface area contributed by atoms with Crippen LogP contribution in [0.1, 0.15) is 75.2 Å². The molecule has 110 valence electrons. The van der Waals surface area contributed by atoms with Crippen molar-refractivity contribution < 1.29 is 0 Å². The highest BCUT2D eigenvalue weighted by molar-refractivity contribution is 14.1. The molecule has 0 aromatic carbocycles. The van der Waals surface area contributed by atoms with Crippen LogP contribution in [0.15, 0.2) is 0 Å². The third kappa shape index (κ3) is 2.81. The van der Waals surface area contributed by atoms with Crippen molar-refractivity contribution in [2.24, 2.45) is 5.92 Å². The molecule has 3 rings (SSSR count). The average molecular weight is 385 g/mol. The molecule has 3 nitrogen and oxygen atoms in total. The highest BCUT2D eigenvalue weighted by atomic mass is 127. The van der Waals surface area contributed by atoms with Gasteiger partial charge in [-0.1, -0.05) is 19.8 Å². The van der Waals surface area contributed by atoms with E-state index in [9.17, 15) is 0 Å². The van der Waals surface area contributed by atoms with E-state index in [0.29, 0.717) is 11.8 Å². The fourth-order valence-electron chi connectivity index (χ4n) is 3.74. The van der Waals surface area contributed by atoms with E-state index in [0.717, 1.165) is 17.6 Å². The van der Waals surface area contributed by atoms with Crippen molar-refractivity contribution in [3.63, 3.8) is 0 Å². The van der Waals surface area contributed by atoms with E-state index in [1.165, 1.54) is 54.2 Å². The van der Waals surface area contributed by atoms with Gasteiger partial charge in [0.05, 0.1) is 9.26 Å². The third-order valence-electron chi connectivity index (χ3n) is 4.93. The van der Waals surface area contributed by atoms with E-state index >= 15 is 0 Å². The van der Waals surface area contributed by atoms with Crippen LogP contribution < -0.4 is 5.32 Å². The van der Waals surface area contributed by atoms with E-state index in [1.807, 2.05) is 7.05 Å². The molecule has 0 radical (unpaired) electrons. The van der Waals surface area contributed by atoms with Crippen LogP contribution in [-0.4, -0.2) is 17.0 Å². The maximum atomic E-state index is 5.02. The molecule has 1 aromatic heterocycles.